The van der Waals surface area contributed by atoms with Crippen LogP contribution in [-0.2, 0) is 0 Å². The highest BCUT2D eigenvalue weighted by Gasteiger charge is 2.08. The first kappa shape index (κ1) is 14.3. The van der Waals surface area contributed by atoms with Crippen LogP contribution in [-0.4, -0.2) is 9.97 Å². The van der Waals surface area contributed by atoms with Crippen LogP contribution in [0.2, 0.25) is 0 Å². The number of anilines is 2. The van der Waals surface area contributed by atoms with Crippen LogP contribution in [0, 0.1) is 5.82 Å². The van der Waals surface area contributed by atoms with Gasteiger partial charge >= 0.3 is 0 Å². The summed E-state index contributed by atoms with van der Waals surface area (Å²) < 4.78 is 13.5. The van der Waals surface area contributed by atoms with Gasteiger partial charge in [-0.05, 0) is 41.8 Å². The molecule has 0 amide bonds. The predicted molar refractivity (Wildman–Crippen MR) is 94.7 cm³/mol. The van der Waals surface area contributed by atoms with E-state index in [2.05, 4.69) is 10.3 Å². The zero-order valence-corrected chi connectivity index (χ0v) is 12.8. The predicted octanol–water partition coefficient (Wildman–Crippen LogP) is 5.18. The normalized spacial score (nSPS) is 10.7. The summed E-state index contributed by atoms with van der Waals surface area (Å²) in [7, 11) is 0. The Labute approximate surface area is 138 Å². The minimum atomic E-state index is -0.283. The maximum absolute atomic E-state index is 13.5. The lowest BCUT2D eigenvalue weighted by Crippen LogP contribution is -1.97. The van der Waals surface area contributed by atoms with Gasteiger partial charge in [-0.25, -0.2) is 9.37 Å². The second-order valence-electron chi connectivity index (χ2n) is 5.45. The molecule has 4 heteroatoms. The highest BCUT2D eigenvalue weighted by molar-refractivity contribution is 5.95. The standard InChI is InChI=1S/C20H14FN3/c21-16-5-3-6-17(13-16)23-20-18-7-2-1-4-15(18)12-19(24-20)14-8-10-22-11-9-14/h1-13H,(H,23,24). The van der Waals surface area contributed by atoms with Gasteiger partial charge in [0.25, 0.3) is 0 Å². The highest BCUT2D eigenvalue weighted by Crippen LogP contribution is 2.29. The first-order valence-electron chi connectivity index (χ1n) is 7.62. The molecule has 4 aromatic rings. The van der Waals surface area contributed by atoms with Crippen molar-refractivity contribution in [1.29, 1.82) is 0 Å². The Morgan fingerprint density at radius 2 is 1.67 bits per heavy atom. The molecule has 0 radical (unpaired) electrons. The molecule has 2 heterocycles. The lowest BCUT2D eigenvalue weighted by molar-refractivity contribution is 0.628. The second kappa shape index (κ2) is 6.08. The van der Waals surface area contributed by atoms with Crippen LogP contribution in [0.25, 0.3) is 22.0 Å². The van der Waals surface area contributed by atoms with Gasteiger partial charge in [0.2, 0.25) is 0 Å². The average molecular weight is 315 g/mol. The molecule has 0 saturated carbocycles. The van der Waals surface area contributed by atoms with Crippen LogP contribution in [0.15, 0.2) is 79.1 Å². The van der Waals surface area contributed by atoms with E-state index in [1.807, 2.05) is 48.5 Å². The van der Waals surface area contributed by atoms with Crippen molar-refractivity contribution in [3.05, 3.63) is 84.9 Å². The summed E-state index contributed by atoms with van der Waals surface area (Å²) in [4.78, 5) is 8.78. The van der Waals surface area contributed by atoms with Crippen molar-refractivity contribution in [2.75, 3.05) is 5.32 Å². The van der Waals surface area contributed by atoms with Gasteiger partial charge in [0.1, 0.15) is 11.6 Å². The van der Waals surface area contributed by atoms with Crippen molar-refractivity contribution in [1.82, 2.24) is 9.97 Å². The number of nitrogens with one attached hydrogen (secondary N) is 1. The lowest BCUT2D eigenvalue weighted by Gasteiger charge is -2.12. The minimum Gasteiger partial charge on any atom is -0.340 e. The number of nitrogens with zero attached hydrogens (tertiary/aromatic N) is 2. The number of rotatable bonds is 3. The third-order valence-electron chi connectivity index (χ3n) is 3.80. The third kappa shape index (κ3) is 2.82. The molecule has 0 fully saturated rings. The third-order valence-corrected chi connectivity index (χ3v) is 3.80. The first-order valence-corrected chi connectivity index (χ1v) is 7.62. The fraction of sp³-hybridized carbons (Fsp3) is 0. The number of fused-ring (bicyclic) bond motifs is 1. The van der Waals surface area contributed by atoms with Gasteiger partial charge < -0.3 is 5.32 Å². The Morgan fingerprint density at radius 3 is 2.50 bits per heavy atom. The fourth-order valence-corrected chi connectivity index (χ4v) is 2.67. The number of hydrogen-bond donors (Lipinski definition) is 1. The topological polar surface area (TPSA) is 37.8 Å². The van der Waals surface area contributed by atoms with Crippen molar-refractivity contribution in [3.63, 3.8) is 0 Å². The van der Waals surface area contributed by atoms with Crippen LogP contribution in [0.1, 0.15) is 0 Å². The molecule has 116 valence electrons. The number of pyridine rings is 2. The van der Waals surface area contributed by atoms with Crippen LogP contribution >= 0.6 is 0 Å². The summed E-state index contributed by atoms with van der Waals surface area (Å²) >= 11 is 0. The van der Waals surface area contributed by atoms with Gasteiger partial charge in [-0.15, -0.1) is 0 Å². The largest absolute Gasteiger partial charge is 0.340 e. The molecule has 2 aromatic carbocycles. The molecule has 0 aliphatic heterocycles. The zero-order chi connectivity index (χ0) is 16.4. The van der Waals surface area contributed by atoms with Crippen molar-refractivity contribution < 1.29 is 4.39 Å². The summed E-state index contributed by atoms with van der Waals surface area (Å²) in [5.74, 6) is 0.417. The number of hydrogen-bond acceptors (Lipinski definition) is 3. The fourth-order valence-electron chi connectivity index (χ4n) is 2.67. The molecule has 0 aliphatic carbocycles. The highest BCUT2D eigenvalue weighted by atomic mass is 19.1. The summed E-state index contributed by atoms with van der Waals surface area (Å²) in [5.41, 5.74) is 2.49. The van der Waals surface area contributed by atoms with Crippen LogP contribution in [0.4, 0.5) is 15.9 Å². The Kier molecular flexibility index (Phi) is 3.63. The number of aromatic nitrogens is 2. The molecule has 0 aliphatic rings. The molecule has 0 saturated heterocycles. The van der Waals surface area contributed by atoms with Crippen LogP contribution in [0.3, 0.4) is 0 Å². The molecule has 0 spiro atoms. The van der Waals surface area contributed by atoms with E-state index in [4.69, 9.17) is 4.98 Å². The van der Waals surface area contributed by atoms with Crippen LogP contribution < -0.4 is 5.32 Å². The summed E-state index contributed by atoms with van der Waals surface area (Å²) in [5, 5.41) is 5.28. The van der Waals surface area contributed by atoms with Crippen molar-refractivity contribution in [2.45, 2.75) is 0 Å². The molecule has 0 bridgehead atoms. The maximum atomic E-state index is 13.5. The van der Waals surface area contributed by atoms with Gasteiger partial charge in [0, 0.05) is 29.0 Å². The minimum absolute atomic E-state index is 0.283. The van der Waals surface area contributed by atoms with E-state index in [-0.39, 0.29) is 5.82 Å². The van der Waals surface area contributed by atoms with E-state index < -0.39 is 0 Å². The van der Waals surface area contributed by atoms with Gasteiger partial charge in [0.05, 0.1) is 5.69 Å². The Balaban J connectivity index is 1.86. The van der Waals surface area contributed by atoms with Gasteiger partial charge in [-0.3, -0.25) is 4.98 Å². The quantitative estimate of drug-likeness (QED) is 0.566. The monoisotopic (exact) mass is 315 g/mol. The maximum Gasteiger partial charge on any atom is 0.138 e. The molecule has 1 N–H and O–H groups in total. The van der Waals surface area contributed by atoms with Gasteiger partial charge in [-0.2, -0.15) is 0 Å². The van der Waals surface area contributed by atoms with E-state index in [1.54, 1.807) is 18.5 Å². The van der Waals surface area contributed by atoms with E-state index in [9.17, 15) is 4.39 Å². The van der Waals surface area contributed by atoms with Crippen LogP contribution in [0.5, 0.6) is 0 Å². The molecule has 3 nitrogen and oxygen atoms in total. The Morgan fingerprint density at radius 1 is 0.833 bits per heavy atom. The van der Waals surface area contributed by atoms with E-state index in [0.717, 1.165) is 22.0 Å². The Bertz CT molecular complexity index is 1000. The second-order valence-corrected chi connectivity index (χ2v) is 5.45. The molecule has 24 heavy (non-hydrogen) atoms. The summed E-state index contributed by atoms with van der Waals surface area (Å²) in [6.07, 6.45) is 3.48. The summed E-state index contributed by atoms with van der Waals surface area (Å²) in [6, 6.07) is 20.2. The lowest BCUT2D eigenvalue weighted by atomic mass is 10.1. The number of benzene rings is 2. The molecular weight excluding hydrogens is 301 g/mol. The molecular formula is C20H14FN3. The molecule has 2 aromatic heterocycles. The van der Waals surface area contributed by atoms with Crippen molar-refractivity contribution in [3.8, 4) is 11.3 Å². The molecule has 4 rings (SSSR count). The Hall–Kier alpha value is -3.27. The van der Waals surface area contributed by atoms with E-state index in [1.165, 1.54) is 12.1 Å². The summed E-state index contributed by atoms with van der Waals surface area (Å²) in [6.45, 7) is 0. The SMILES string of the molecule is Fc1cccc(Nc2nc(-c3ccncc3)cc3ccccc23)c1. The first-order chi connectivity index (χ1) is 11.8. The zero-order valence-electron chi connectivity index (χ0n) is 12.8. The van der Waals surface area contributed by atoms with E-state index >= 15 is 0 Å². The van der Waals surface area contributed by atoms with E-state index in [0.29, 0.717) is 11.5 Å². The smallest absolute Gasteiger partial charge is 0.138 e. The average Bonchev–Trinajstić information content (AvgIpc) is 2.62. The van der Waals surface area contributed by atoms with Gasteiger partial charge in [-0.1, -0.05) is 30.3 Å². The number of halogens is 1. The molecule has 0 unspecified atom stereocenters. The molecule has 0 atom stereocenters. The van der Waals surface area contributed by atoms with Gasteiger partial charge in [0.15, 0.2) is 0 Å². The van der Waals surface area contributed by atoms with Crippen molar-refractivity contribution in [2.24, 2.45) is 0 Å². The van der Waals surface area contributed by atoms with Crippen molar-refractivity contribution >= 4 is 22.3 Å².